The van der Waals surface area contributed by atoms with Gasteiger partial charge in [-0.15, -0.1) is 0 Å². The van der Waals surface area contributed by atoms with Crippen molar-refractivity contribution in [2.24, 2.45) is 0 Å². The van der Waals surface area contributed by atoms with Crippen molar-refractivity contribution in [2.75, 3.05) is 28.4 Å². The van der Waals surface area contributed by atoms with Crippen LogP contribution in [-0.2, 0) is 0 Å². The monoisotopic (exact) mass is 368 g/mol. The third-order valence-electron chi connectivity index (χ3n) is 4.64. The van der Waals surface area contributed by atoms with Crippen molar-refractivity contribution in [3.05, 3.63) is 46.7 Å². The standard InChI is InChI=1S/C20H16O7/c1-23-9-7-12(26-4)14-13(8-9)27-20-17(14)18(21)15-10(24-2)5-6-11(25-3)16(15)19(20)22/h5-8H,1-4H3. The summed E-state index contributed by atoms with van der Waals surface area (Å²) in [5.41, 5.74) is 0.742. The Kier molecular flexibility index (Phi) is 3.80. The van der Waals surface area contributed by atoms with E-state index in [1.807, 2.05) is 0 Å². The molecule has 0 radical (unpaired) electrons. The number of furan rings is 1. The third kappa shape index (κ3) is 2.21. The van der Waals surface area contributed by atoms with Crippen molar-refractivity contribution < 1.29 is 33.0 Å². The Bertz CT molecular complexity index is 1110. The van der Waals surface area contributed by atoms with E-state index in [1.54, 1.807) is 24.3 Å². The molecule has 0 spiro atoms. The Labute approximate surface area is 154 Å². The third-order valence-corrected chi connectivity index (χ3v) is 4.64. The highest BCUT2D eigenvalue weighted by atomic mass is 16.5. The van der Waals surface area contributed by atoms with Gasteiger partial charge in [-0.3, -0.25) is 9.59 Å². The molecule has 1 heterocycles. The van der Waals surface area contributed by atoms with Crippen LogP contribution in [0.15, 0.2) is 28.7 Å². The summed E-state index contributed by atoms with van der Waals surface area (Å²) >= 11 is 0. The summed E-state index contributed by atoms with van der Waals surface area (Å²) in [5, 5.41) is 0.419. The summed E-state index contributed by atoms with van der Waals surface area (Å²) < 4.78 is 27.0. The number of hydrogen-bond donors (Lipinski definition) is 0. The molecule has 0 amide bonds. The van der Waals surface area contributed by atoms with Crippen molar-refractivity contribution >= 4 is 22.5 Å². The lowest BCUT2D eigenvalue weighted by Crippen LogP contribution is -2.21. The zero-order chi connectivity index (χ0) is 19.3. The highest BCUT2D eigenvalue weighted by Gasteiger charge is 2.40. The number of carbonyl (C=O) groups excluding carboxylic acids is 2. The van der Waals surface area contributed by atoms with Gasteiger partial charge in [0, 0.05) is 12.1 Å². The van der Waals surface area contributed by atoms with Gasteiger partial charge in [-0.2, -0.15) is 0 Å². The first kappa shape index (κ1) is 17.0. The zero-order valence-corrected chi connectivity index (χ0v) is 15.2. The molecular weight excluding hydrogens is 352 g/mol. The zero-order valence-electron chi connectivity index (χ0n) is 15.2. The van der Waals surface area contributed by atoms with Crippen molar-refractivity contribution in [3.63, 3.8) is 0 Å². The smallest absolute Gasteiger partial charge is 0.233 e. The van der Waals surface area contributed by atoms with Crippen molar-refractivity contribution in [3.8, 4) is 23.0 Å². The second kappa shape index (κ2) is 6.05. The van der Waals surface area contributed by atoms with Crippen molar-refractivity contribution in [1.82, 2.24) is 0 Å². The maximum atomic E-state index is 13.4. The van der Waals surface area contributed by atoms with Crippen LogP contribution < -0.4 is 18.9 Å². The predicted molar refractivity (Wildman–Crippen MR) is 95.7 cm³/mol. The maximum absolute atomic E-state index is 13.4. The summed E-state index contributed by atoms with van der Waals surface area (Å²) in [5.74, 6) is 0.529. The first-order chi connectivity index (χ1) is 13.0. The van der Waals surface area contributed by atoms with Gasteiger partial charge < -0.3 is 23.4 Å². The molecule has 0 saturated heterocycles. The van der Waals surface area contributed by atoms with E-state index in [-0.39, 0.29) is 33.9 Å². The molecule has 0 aliphatic heterocycles. The quantitative estimate of drug-likeness (QED) is 0.547. The molecular formula is C20H16O7. The van der Waals surface area contributed by atoms with Gasteiger partial charge in [-0.1, -0.05) is 0 Å². The Hall–Kier alpha value is -3.48. The maximum Gasteiger partial charge on any atom is 0.233 e. The second-order valence-corrected chi connectivity index (χ2v) is 5.89. The van der Waals surface area contributed by atoms with Gasteiger partial charge >= 0.3 is 0 Å². The topological polar surface area (TPSA) is 84.2 Å². The largest absolute Gasteiger partial charge is 0.496 e. The second-order valence-electron chi connectivity index (χ2n) is 5.89. The van der Waals surface area contributed by atoms with Crippen LogP contribution >= 0.6 is 0 Å². The number of fused-ring (bicyclic) bond motifs is 4. The predicted octanol–water partition coefficient (Wildman–Crippen LogP) is 3.24. The number of carbonyl (C=O) groups is 2. The molecule has 0 fully saturated rings. The minimum atomic E-state index is -0.451. The normalized spacial score (nSPS) is 12.6. The SMILES string of the molecule is COc1cc(OC)c2c3c(oc2c1)C(=O)c1c(OC)ccc(OC)c1C3=O. The van der Waals surface area contributed by atoms with E-state index in [0.717, 1.165) is 0 Å². The first-order valence-corrected chi connectivity index (χ1v) is 8.08. The van der Waals surface area contributed by atoms with Crippen LogP contribution in [0.25, 0.3) is 11.0 Å². The lowest BCUT2D eigenvalue weighted by molar-refractivity contribution is 0.0957. The van der Waals surface area contributed by atoms with Gasteiger partial charge in [0.05, 0.1) is 50.5 Å². The molecule has 3 aromatic rings. The molecule has 7 heteroatoms. The highest BCUT2D eigenvalue weighted by molar-refractivity contribution is 6.33. The lowest BCUT2D eigenvalue weighted by Gasteiger charge is -2.19. The van der Waals surface area contributed by atoms with E-state index in [2.05, 4.69) is 0 Å². The van der Waals surface area contributed by atoms with E-state index in [0.29, 0.717) is 22.5 Å². The number of methoxy groups -OCH3 is 4. The summed E-state index contributed by atoms with van der Waals surface area (Å²) in [4.78, 5) is 26.5. The molecule has 0 N–H and O–H groups in total. The van der Waals surface area contributed by atoms with Crippen LogP contribution in [0, 0.1) is 0 Å². The molecule has 138 valence electrons. The number of ketones is 2. The van der Waals surface area contributed by atoms with Crippen LogP contribution in [0.1, 0.15) is 32.0 Å². The van der Waals surface area contributed by atoms with Gasteiger partial charge in [0.1, 0.15) is 28.6 Å². The number of rotatable bonds is 4. The number of ether oxygens (including phenoxy) is 4. The molecule has 0 unspecified atom stereocenters. The van der Waals surface area contributed by atoms with E-state index >= 15 is 0 Å². The Morgan fingerprint density at radius 1 is 0.704 bits per heavy atom. The molecule has 7 nitrogen and oxygen atoms in total. The fourth-order valence-corrected chi connectivity index (χ4v) is 3.42. The van der Waals surface area contributed by atoms with Crippen molar-refractivity contribution in [2.45, 2.75) is 0 Å². The van der Waals surface area contributed by atoms with Gasteiger partial charge in [0.15, 0.2) is 5.76 Å². The minimum Gasteiger partial charge on any atom is -0.496 e. The Balaban J connectivity index is 2.10. The fourth-order valence-electron chi connectivity index (χ4n) is 3.42. The molecule has 2 aromatic carbocycles. The average molecular weight is 368 g/mol. The molecule has 0 saturated carbocycles. The summed E-state index contributed by atoms with van der Waals surface area (Å²) in [6, 6.07) is 6.42. The molecule has 1 aliphatic carbocycles. The van der Waals surface area contributed by atoms with E-state index in [9.17, 15) is 9.59 Å². The van der Waals surface area contributed by atoms with E-state index < -0.39 is 11.6 Å². The summed E-state index contributed by atoms with van der Waals surface area (Å²) in [7, 11) is 5.85. The first-order valence-electron chi connectivity index (χ1n) is 8.08. The van der Waals surface area contributed by atoms with Gasteiger partial charge in [-0.25, -0.2) is 0 Å². The molecule has 1 aliphatic rings. The minimum absolute atomic E-state index is 0.0550. The van der Waals surface area contributed by atoms with Crippen molar-refractivity contribution in [1.29, 1.82) is 0 Å². The van der Waals surface area contributed by atoms with Crippen LogP contribution in [0.3, 0.4) is 0 Å². The Morgan fingerprint density at radius 3 is 1.85 bits per heavy atom. The molecule has 1 aromatic heterocycles. The molecule has 27 heavy (non-hydrogen) atoms. The average Bonchev–Trinajstić information content (AvgIpc) is 3.10. The van der Waals surface area contributed by atoms with Crippen LogP contribution in [0.5, 0.6) is 23.0 Å². The van der Waals surface area contributed by atoms with Gasteiger partial charge in [-0.05, 0) is 12.1 Å². The number of hydrogen-bond acceptors (Lipinski definition) is 7. The van der Waals surface area contributed by atoms with E-state index in [1.165, 1.54) is 28.4 Å². The summed E-state index contributed by atoms with van der Waals surface area (Å²) in [6.45, 7) is 0. The fraction of sp³-hybridized carbons (Fsp3) is 0.200. The van der Waals surface area contributed by atoms with Crippen LogP contribution in [0.4, 0.5) is 0 Å². The molecule has 4 rings (SSSR count). The van der Waals surface area contributed by atoms with Crippen LogP contribution in [0.2, 0.25) is 0 Å². The molecule has 0 atom stereocenters. The van der Waals surface area contributed by atoms with Crippen LogP contribution in [-0.4, -0.2) is 40.0 Å². The lowest BCUT2D eigenvalue weighted by atomic mass is 9.85. The Morgan fingerprint density at radius 2 is 1.30 bits per heavy atom. The van der Waals surface area contributed by atoms with Gasteiger partial charge in [0.2, 0.25) is 11.6 Å². The number of benzene rings is 2. The van der Waals surface area contributed by atoms with E-state index in [4.69, 9.17) is 23.4 Å². The van der Waals surface area contributed by atoms with Gasteiger partial charge in [0.25, 0.3) is 0 Å². The molecule has 0 bridgehead atoms. The highest BCUT2D eigenvalue weighted by Crippen LogP contribution is 2.45. The summed E-state index contributed by atoms with van der Waals surface area (Å²) in [6.07, 6.45) is 0.